The van der Waals surface area contributed by atoms with Crippen LogP contribution in [0.15, 0.2) is 4.52 Å². The van der Waals surface area contributed by atoms with Crippen molar-refractivity contribution in [2.45, 2.75) is 57.8 Å². The van der Waals surface area contributed by atoms with Crippen LogP contribution in [0.1, 0.15) is 64.1 Å². The first-order chi connectivity index (χ1) is 7.48. The molecule has 1 aromatic heterocycles. The van der Waals surface area contributed by atoms with E-state index in [9.17, 15) is 4.79 Å². The van der Waals surface area contributed by atoms with Crippen LogP contribution in [0.4, 0.5) is 0 Å². The molecule has 1 aliphatic carbocycles. The third-order valence-electron chi connectivity index (χ3n) is 2.97. The van der Waals surface area contributed by atoms with Crippen LogP contribution in [0.3, 0.4) is 0 Å². The van der Waals surface area contributed by atoms with Gasteiger partial charge < -0.3 is 4.52 Å². The molecule has 0 radical (unpaired) electrons. The lowest BCUT2D eigenvalue weighted by Crippen LogP contribution is -2.18. The van der Waals surface area contributed by atoms with Gasteiger partial charge >= 0.3 is 0 Å². The topological polar surface area (TPSA) is 56.0 Å². The van der Waals surface area contributed by atoms with Crippen LogP contribution in [-0.2, 0) is 10.2 Å². The van der Waals surface area contributed by atoms with Crippen LogP contribution in [-0.4, -0.2) is 15.9 Å². The zero-order valence-electron chi connectivity index (χ0n) is 10.1. The Morgan fingerprint density at radius 1 is 1.31 bits per heavy atom. The van der Waals surface area contributed by atoms with Crippen molar-refractivity contribution >= 4 is 5.78 Å². The fourth-order valence-corrected chi connectivity index (χ4v) is 1.93. The normalized spacial score (nSPS) is 22.4. The summed E-state index contributed by atoms with van der Waals surface area (Å²) in [6.07, 6.45) is 3.57. The van der Waals surface area contributed by atoms with Crippen molar-refractivity contribution in [3.05, 3.63) is 11.7 Å². The first kappa shape index (κ1) is 11.3. The van der Waals surface area contributed by atoms with Gasteiger partial charge in [-0.1, -0.05) is 32.3 Å². The van der Waals surface area contributed by atoms with Crippen molar-refractivity contribution in [1.29, 1.82) is 0 Å². The molecule has 0 bridgehead atoms. The fourth-order valence-electron chi connectivity index (χ4n) is 1.93. The number of hydrogen-bond acceptors (Lipinski definition) is 4. The molecule has 0 spiro atoms. The Kier molecular flexibility index (Phi) is 2.82. The molecule has 1 unspecified atom stereocenters. The van der Waals surface area contributed by atoms with E-state index in [0.717, 1.165) is 19.3 Å². The van der Waals surface area contributed by atoms with Gasteiger partial charge in [0.05, 0.1) is 5.92 Å². The lowest BCUT2D eigenvalue weighted by molar-refractivity contribution is -0.122. The van der Waals surface area contributed by atoms with Crippen LogP contribution in [0.2, 0.25) is 0 Å². The first-order valence-corrected chi connectivity index (χ1v) is 5.85. The van der Waals surface area contributed by atoms with Crippen molar-refractivity contribution in [2.75, 3.05) is 0 Å². The maximum Gasteiger partial charge on any atom is 0.237 e. The molecule has 1 fully saturated rings. The summed E-state index contributed by atoms with van der Waals surface area (Å²) in [6, 6.07) is 0. The highest BCUT2D eigenvalue weighted by molar-refractivity contribution is 5.85. The number of hydrogen-bond donors (Lipinski definition) is 0. The molecule has 4 nitrogen and oxygen atoms in total. The zero-order valence-corrected chi connectivity index (χ0v) is 10.1. The lowest BCUT2D eigenvalue weighted by atomic mass is 9.88. The van der Waals surface area contributed by atoms with E-state index in [2.05, 4.69) is 10.1 Å². The maximum atomic E-state index is 11.7. The maximum absolute atomic E-state index is 11.7. The third-order valence-corrected chi connectivity index (χ3v) is 2.97. The van der Waals surface area contributed by atoms with E-state index in [-0.39, 0.29) is 17.1 Å². The Labute approximate surface area is 95.4 Å². The molecule has 16 heavy (non-hydrogen) atoms. The van der Waals surface area contributed by atoms with E-state index in [1.165, 1.54) is 0 Å². The van der Waals surface area contributed by atoms with Gasteiger partial charge in [0.1, 0.15) is 5.78 Å². The number of rotatable bonds is 1. The van der Waals surface area contributed by atoms with Crippen molar-refractivity contribution in [2.24, 2.45) is 0 Å². The summed E-state index contributed by atoms with van der Waals surface area (Å²) < 4.78 is 5.22. The second-order valence-corrected chi connectivity index (χ2v) is 5.47. The molecular formula is C12H18N2O2. The van der Waals surface area contributed by atoms with Crippen LogP contribution in [0.25, 0.3) is 0 Å². The second kappa shape index (κ2) is 4.00. The van der Waals surface area contributed by atoms with Crippen LogP contribution < -0.4 is 0 Å². The van der Waals surface area contributed by atoms with Gasteiger partial charge in [0.2, 0.25) is 5.89 Å². The quantitative estimate of drug-likeness (QED) is 0.732. The van der Waals surface area contributed by atoms with Crippen LogP contribution >= 0.6 is 0 Å². The van der Waals surface area contributed by atoms with E-state index < -0.39 is 0 Å². The summed E-state index contributed by atoms with van der Waals surface area (Å²) >= 11 is 0. The Hall–Kier alpha value is -1.19. The van der Waals surface area contributed by atoms with Gasteiger partial charge in [-0.25, -0.2) is 0 Å². The molecule has 1 saturated carbocycles. The summed E-state index contributed by atoms with van der Waals surface area (Å²) in [7, 11) is 0. The van der Waals surface area contributed by atoms with Crippen molar-refractivity contribution < 1.29 is 9.32 Å². The number of nitrogens with zero attached hydrogens (tertiary/aromatic N) is 2. The molecule has 0 aromatic carbocycles. The predicted molar refractivity (Wildman–Crippen MR) is 59.2 cm³/mol. The van der Waals surface area contributed by atoms with Gasteiger partial charge in [-0.05, 0) is 12.8 Å². The smallest absolute Gasteiger partial charge is 0.237 e. The van der Waals surface area contributed by atoms with Gasteiger partial charge in [-0.15, -0.1) is 0 Å². The monoisotopic (exact) mass is 222 g/mol. The van der Waals surface area contributed by atoms with Gasteiger partial charge in [0, 0.05) is 11.8 Å². The number of ketones is 1. The Balaban J connectivity index is 2.21. The predicted octanol–water partition coefficient (Wildman–Crippen LogP) is 2.59. The van der Waals surface area contributed by atoms with Crippen molar-refractivity contribution in [1.82, 2.24) is 10.1 Å². The van der Waals surface area contributed by atoms with E-state index in [4.69, 9.17) is 4.52 Å². The summed E-state index contributed by atoms with van der Waals surface area (Å²) in [6.45, 7) is 6.10. The highest BCUT2D eigenvalue weighted by Crippen LogP contribution is 2.30. The zero-order chi connectivity index (χ0) is 11.8. The Morgan fingerprint density at radius 3 is 2.62 bits per heavy atom. The standard InChI is InChI=1S/C12H18N2O2/c1-12(2,3)11-13-10(16-14-11)8-6-4-5-7-9(8)15/h8H,4-7H2,1-3H3. The minimum atomic E-state index is -0.155. The minimum Gasteiger partial charge on any atom is -0.339 e. The molecule has 1 atom stereocenters. The molecule has 1 aliphatic rings. The highest BCUT2D eigenvalue weighted by atomic mass is 16.5. The Bertz CT molecular complexity index is 390. The number of carbonyl (C=O) groups is 1. The van der Waals surface area contributed by atoms with Crippen LogP contribution in [0, 0.1) is 0 Å². The largest absolute Gasteiger partial charge is 0.339 e. The fraction of sp³-hybridized carbons (Fsp3) is 0.750. The average Bonchev–Trinajstić information content (AvgIpc) is 2.66. The van der Waals surface area contributed by atoms with Gasteiger partial charge in [-0.2, -0.15) is 4.98 Å². The van der Waals surface area contributed by atoms with Gasteiger partial charge in [0.15, 0.2) is 5.82 Å². The number of carbonyl (C=O) groups excluding carboxylic acids is 1. The molecule has 0 saturated heterocycles. The lowest BCUT2D eigenvalue weighted by Gasteiger charge is -2.16. The molecule has 1 heterocycles. The van der Waals surface area contributed by atoms with Crippen molar-refractivity contribution in [3.63, 3.8) is 0 Å². The SMILES string of the molecule is CC(C)(C)c1noc(C2CCCCC2=O)n1. The summed E-state index contributed by atoms with van der Waals surface area (Å²) in [5.74, 6) is 1.28. The first-order valence-electron chi connectivity index (χ1n) is 5.85. The van der Waals surface area contributed by atoms with Crippen molar-refractivity contribution in [3.8, 4) is 0 Å². The molecule has 88 valence electrons. The van der Waals surface area contributed by atoms with E-state index in [1.807, 2.05) is 20.8 Å². The molecule has 0 aliphatic heterocycles. The van der Waals surface area contributed by atoms with E-state index in [1.54, 1.807) is 0 Å². The summed E-state index contributed by atoms with van der Waals surface area (Å²) in [5, 5.41) is 3.96. The average molecular weight is 222 g/mol. The molecular weight excluding hydrogens is 204 g/mol. The van der Waals surface area contributed by atoms with Crippen LogP contribution in [0.5, 0.6) is 0 Å². The van der Waals surface area contributed by atoms with E-state index in [0.29, 0.717) is 18.1 Å². The minimum absolute atomic E-state index is 0.126. The summed E-state index contributed by atoms with van der Waals surface area (Å²) in [4.78, 5) is 16.1. The molecule has 2 rings (SSSR count). The number of aromatic nitrogens is 2. The molecule has 0 amide bonds. The molecule has 4 heteroatoms. The number of Topliss-reactive ketones (excluding diaryl/α,β-unsaturated/α-hetero) is 1. The highest BCUT2D eigenvalue weighted by Gasteiger charge is 2.30. The van der Waals surface area contributed by atoms with E-state index >= 15 is 0 Å². The second-order valence-electron chi connectivity index (χ2n) is 5.47. The summed E-state index contributed by atoms with van der Waals surface area (Å²) in [5.41, 5.74) is -0.126. The third kappa shape index (κ3) is 2.15. The van der Waals surface area contributed by atoms with Gasteiger partial charge in [-0.3, -0.25) is 4.79 Å². The van der Waals surface area contributed by atoms with Gasteiger partial charge in [0.25, 0.3) is 0 Å². The molecule has 0 N–H and O–H groups in total. The Morgan fingerprint density at radius 2 is 2.06 bits per heavy atom. The molecule has 1 aromatic rings.